The number of hydrogen-bond acceptors (Lipinski definition) is 2. The highest BCUT2D eigenvalue weighted by Crippen LogP contribution is 2.23. The van der Waals surface area contributed by atoms with Gasteiger partial charge in [-0.05, 0) is 30.2 Å². The van der Waals surface area contributed by atoms with Crippen LogP contribution >= 0.6 is 0 Å². The minimum absolute atomic E-state index is 0.0471. The number of nitrogens with zero attached hydrogens (tertiary/aromatic N) is 1. The lowest BCUT2D eigenvalue weighted by Crippen LogP contribution is -2.38. The highest BCUT2D eigenvalue weighted by Gasteiger charge is 2.34. The van der Waals surface area contributed by atoms with Crippen molar-refractivity contribution < 1.29 is 22.4 Å². The van der Waals surface area contributed by atoms with Gasteiger partial charge in [-0.25, -0.2) is 4.39 Å². The summed E-state index contributed by atoms with van der Waals surface area (Å²) in [5.74, 6) is -1.56. The number of alkyl halides is 3. The van der Waals surface area contributed by atoms with Crippen LogP contribution in [0, 0.1) is 12.7 Å². The van der Waals surface area contributed by atoms with E-state index in [1.807, 2.05) is 0 Å². The van der Waals surface area contributed by atoms with Gasteiger partial charge in [0.15, 0.2) is 0 Å². The second-order valence-electron chi connectivity index (χ2n) is 5.45. The molecule has 2 N–H and O–H groups in total. The van der Waals surface area contributed by atoms with E-state index in [1.165, 1.54) is 6.92 Å². The molecule has 0 aromatic heterocycles. The topological polar surface area (TPSA) is 46.3 Å². The van der Waals surface area contributed by atoms with E-state index in [1.54, 1.807) is 30.3 Å². The van der Waals surface area contributed by atoms with E-state index in [2.05, 4.69) is 0 Å². The molecule has 0 fully saturated rings. The van der Waals surface area contributed by atoms with Crippen LogP contribution in [0.4, 0.5) is 23.2 Å². The third-order valence-electron chi connectivity index (χ3n) is 3.45. The molecule has 0 radical (unpaired) electrons. The first-order chi connectivity index (χ1) is 11.2. The van der Waals surface area contributed by atoms with Gasteiger partial charge in [0.25, 0.3) is 5.91 Å². The highest BCUT2D eigenvalue weighted by atomic mass is 19.4. The standard InChI is InChI=1S/C17H16F4N2O/c1-11-7-14(18)15(22)8-13(11)16(24)23(10-17(19,20)21)9-12-5-3-2-4-6-12/h2-8H,9-10,22H2,1H3. The van der Waals surface area contributed by atoms with Gasteiger partial charge < -0.3 is 10.6 Å². The number of hydrogen-bond donors (Lipinski definition) is 1. The fourth-order valence-corrected chi connectivity index (χ4v) is 2.31. The van der Waals surface area contributed by atoms with E-state index >= 15 is 0 Å². The molecule has 3 nitrogen and oxygen atoms in total. The molecule has 24 heavy (non-hydrogen) atoms. The minimum atomic E-state index is -4.55. The Balaban J connectivity index is 2.35. The Morgan fingerprint density at radius 1 is 1.17 bits per heavy atom. The summed E-state index contributed by atoms with van der Waals surface area (Å²) in [6.45, 7) is -0.169. The van der Waals surface area contributed by atoms with E-state index in [-0.39, 0.29) is 23.4 Å². The molecule has 128 valence electrons. The van der Waals surface area contributed by atoms with Crippen LogP contribution in [-0.4, -0.2) is 23.5 Å². The highest BCUT2D eigenvalue weighted by molar-refractivity contribution is 5.96. The van der Waals surface area contributed by atoms with Crippen LogP contribution in [-0.2, 0) is 6.54 Å². The normalized spacial score (nSPS) is 11.4. The maximum Gasteiger partial charge on any atom is 0.406 e. The Bertz CT molecular complexity index is 729. The number of benzene rings is 2. The quantitative estimate of drug-likeness (QED) is 0.677. The molecule has 2 aromatic rings. The second kappa shape index (κ2) is 6.90. The van der Waals surface area contributed by atoms with Gasteiger partial charge in [0.05, 0.1) is 5.69 Å². The van der Waals surface area contributed by atoms with Gasteiger partial charge in [-0.1, -0.05) is 30.3 Å². The first-order valence-corrected chi connectivity index (χ1v) is 7.13. The number of carbonyl (C=O) groups excluding carboxylic acids is 1. The van der Waals surface area contributed by atoms with Gasteiger partial charge in [0.1, 0.15) is 12.4 Å². The molecular weight excluding hydrogens is 324 g/mol. The van der Waals surface area contributed by atoms with Crippen molar-refractivity contribution in [2.45, 2.75) is 19.6 Å². The average molecular weight is 340 g/mol. The Hall–Kier alpha value is -2.57. The molecule has 0 aliphatic carbocycles. The van der Waals surface area contributed by atoms with E-state index in [4.69, 9.17) is 5.73 Å². The maximum absolute atomic E-state index is 13.4. The summed E-state index contributed by atoms with van der Waals surface area (Å²) in [7, 11) is 0. The smallest absolute Gasteiger partial charge is 0.396 e. The van der Waals surface area contributed by atoms with Crippen molar-refractivity contribution in [3.05, 3.63) is 65.0 Å². The van der Waals surface area contributed by atoms with E-state index < -0.39 is 24.4 Å². The first-order valence-electron chi connectivity index (χ1n) is 7.13. The number of aryl methyl sites for hydroxylation is 1. The summed E-state index contributed by atoms with van der Waals surface area (Å²) in [6, 6.07) is 10.4. The molecule has 0 saturated carbocycles. The maximum atomic E-state index is 13.4. The third kappa shape index (κ3) is 4.47. The summed E-state index contributed by atoms with van der Waals surface area (Å²) in [6.07, 6.45) is -4.55. The minimum Gasteiger partial charge on any atom is -0.396 e. The zero-order chi connectivity index (χ0) is 17.9. The van der Waals surface area contributed by atoms with E-state index in [0.717, 1.165) is 12.1 Å². The third-order valence-corrected chi connectivity index (χ3v) is 3.45. The SMILES string of the molecule is Cc1cc(F)c(N)cc1C(=O)N(Cc1ccccc1)CC(F)(F)F. The molecule has 2 aromatic carbocycles. The lowest BCUT2D eigenvalue weighted by Gasteiger charge is -2.25. The molecule has 0 spiro atoms. The largest absolute Gasteiger partial charge is 0.406 e. The zero-order valence-electron chi connectivity index (χ0n) is 12.9. The lowest BCUT2D eigenvalue weighted by atomic mass is 10.1. The van der Waals surface area contributed by atoms with Crippen molar-refractivity contribution in [1.82, 2.24) is 4.90 Å². The van der Waals surface area contributed by atoms with Gasteiger partial charge >= 0.3 is 6.18 Å². The van der Waals surface area contributed by atoms with Crippen molar-refractivity contribution in [3.8, 4) is 0 Å². The molecule has 0 bridgehead atoms. The fourth-order valence-electron chi connectivity index (χ4n) is 2.31. The number of nitrogen functional groups attached to an aromatic ring is 1. The summed E-state index contributed by atoms with van der Waals surface area (Å²) >= 11 is 0. The van der Waals surface area contributed by atoms with Crippen LogP contribution < -0.4 is 5.73 Å². The average Bonchev–Trinajstić information content (AvgIpc) is 2.49. The van der Waals surface area contributed by atoms with Gasteiger partial charge in [-0.15, -0.1) is 0 Å². The molecule has 0 heterocycles. The molecular formula is C17H16F4N2O. The molecule has 7 heteroatoms. The van der Waals surface area contributed by atoms with Crippen LogP contribution in [0.2, 0.25) is 0 Å². The fraction of sp³-hybridized carbons (Fsp3) is 0.235. The van der Waals surface area contributed by atoms with Gasteiger partial charge in [0, 0.05) is 12.1 Å². The number of halogens is 4. The number of amides is 1. The predicted octanol–water partition coefficient (Wildman–Crippen LogP) is 3.92. The number of anilines is 1. The summed E-state index contributed by atoms with van der Waals surface area (Å²) < 4.78 is 52.0. The first kappa shape index (κ1) is 17.8. The lowest BCUT2D eigenvalue weighted by molar-refractivity contribution is -0.141. The Morgan fingerprint density at radius 3 is 2.38 bits per heavy atom. The van der Waals surface area contributed by atoms with Crippen molar-refractivity contribution in [2.24, 2.45) is 0 Å². The van der Waals surface area contributed by atoms with Gasteiger partial charge in [0.2, 0.25) is 0 Å². The summed E-state index contributed by atoms with van der Waals surface area (Å²) in [4.78, 5) is 13.2. The van der Waals surface area contributed by atoms with Crippen LogP contribution in [0.15, 0.2) is 42.5 Å². The van der Waals surface area contributed by atoms with Gasteiger partial charge in [-0.2, -0.15) is 13.2 Å². The molecule has 2 rings (SSSR count). The van der Waals surface area contributed by atoms with Crippen LogP contribution in [0.5, 0.6) is 0 Å². The molecule has 1 amide bonds. The van der Waals surface area contributed by atoms with Gasteiger partial charge in [-0.3, -0.25) is 4.79 Å². The molecule has 0 aliphatic rings. The van der Waals surface area contributed by atoms with Crippen LogP contribution in [0.25, 0.3) is 0 Å². The Morgan fingerprint density at radius 2 is 1.79 bits per heavy atom. The predicted molar refractivity (Wildman–Crippen MR) is 82.8 cm³/mol. The molecule has 0 aliphatic heterocycles. The van der Waals surface area contributed by atoms with Crippen LogP contribution in [0.1, 0.15) is 21.5 Å². The molecule has 0 unspecified atom stereocenters. The van der Waals surface area contributed by atoms with Crippen molar-refractivity contribution >= 4 is 11.6 Å². The summed E-state index contributed by atoms with van der Waals surface area (Å²) in [5, 5.41) is 0. The monoisotopic (exact) mass is 340 g/mol. The number of carbonyl (C=O) groups is 1. The van der Waals surface area contributed by atoms with E-state index in [9.17, 15) is 22.4 Å². The van der Waals surface area contributed by atoms with Crippen molar-refractivity contribution in [3.63, 3.8) is 0 Å². The Labute approximate surface area is 136 Å². The number of nitrogens with two attached hydrogens (primary N) is 1. The van der Waals surface area contributed by atoms with Crippen LogP contribution in [0.3, 0.4) is 0 Å². The van der Waals surface area contributed by atoms with Crippen molar-refractivity contribution in [1.29, 1.82) is 0 Å². The van der Waals surface area contributed by atoms with E-state index in [0.29, 0.717) is 10.5 Å². The molecule has 0 atom stereocenters. The van der Waals surface area contributed by atoms with Crippen molar-refractivity contribution in [2.75, 3.05) is 12.3 Å². The number of rotatable bonds is 4. The summed E-state index contributed by atoms with van der Waals surface area (Å²) in [5.41, 5.74) is 5.90. The zero-order valence-corrected chi connectivity index (χ0v) is 12.9. The Kier molecular flexibility index (Phi) is 5.11. The second-order valence-corrected chi connectivity index (χ2v) is 5.45. The molecule has 0 saturated heterocycles.